The number of hydrogen-bond donors (Lipinski definition) is 2. The minimum Gasteiger partial charge on any atom is -0.496 e. The minimum atomic E-state index is -0.641. The number of ether oxygens (including phenoxy) is 4. The Balaban J connectivity index is 0.000000207. The van der Waals surface area contributed by atoms with Gasteiger partial charge < -0.3 is 34.0 Å². The van der Waals surface area contributed by atoms with Crippen LogP contribution >= 0.6 is 0 Å². The average Bonchev–Trinajstić information content (AvgIpc) is 3.27. The highest BCUT2D eigenvalue weighted by molar-refractivity contribution is 6.15. The summed E-state index contributed by atoms with van der Waals surface area (Å²) in [5.41, 5.74) is 1.25. The number of nitrogens with zero attached hydrogens (tertiary/aromatic N) is 2. The van der Waals surface area contributed by atoms with Crippen molar-refractivity contribution >= 4 is 56.0 Å². The number of aromatic nitrogens is 1. The number of fused-ring (bicyclic) bond motifs is 3. The molecule has 7 aromatic rings. The molecule has 312 valence electrons. The van der Waals surface area contributed by atoms with Gasteiger partial charge in [0.05, 0.1) is 44.7 Å². The molecule has 1 aromatic heterocycles. The molecule has 2 N–H and O–H groups in total. The quantitative estimate of drug-likeness (QED) is 0.152. The zero-order valence-corrected chi connectivity index (χ0v) is 34.5. The van der Waals surface area contributed by atoms with E-state index in [0.717, 1.165) is 27.1 Å². The molecule has 0 aliphatic carbocycles. The molecule has 6 aromatic carbocycles. The molecule has 1 fully saturated rings. The van der Waals surface area contributed by atoms with Gasteiger partial charge >= 0.3 is 11.7 Å². The van der Waals surface area contributed by atoms with Crippen LogP contribution in [0.5, 0.6) is 11.5 Å². The van der Waals surface area contributed by atoms with Gasteiger partial charge in [-0.15, -0.1) is 0 Å². The summed E-state index contributed by atoms with van der Waals surface area (Å²) in [6.45, 7) is 6.55. The van der Waals surface area contributed by atoms with Gasteiger partial charge in [0.15, 0.2) is 0 Å². The average molecular weight is 823 g/mol. The predicted molar refractivity (Wildman–Crippen MR) is 235 cm³/mol. The third-order valence-electron chi connectivity index (χ3n) is 9.97. The lowest BCUT2D eigenvalue weighted by atomic mass is 10.0. The normalized spacial score (nSPS) is 13.9. The molecule has 1 atom stereocenters. The summed E-state index contributed by atoms with van der Waals surface area (Å²) in [5, 5.41) is 9.92. The second-order valence-corrected chi connectivity index (χ2v) is 15.2. The first-order chi connectivity index (χ1) is 29.5. The van der Waals surface area contributed by atoms with Crippen molar-refractivity contribution in [1.82, 2.24) is 15.2 Å². The number of morpholine rings is 1. The first-order valence-corrected chi connectivity index (χ1v) is 19.7. The Hall–Kier alpha value is -7.25. The summed E-state index contributed by atoms with van der Waals surface area (Å²) in [4.78, 5) is 57.9. The van der Waals surface area contributed by atoms with Gasteiger partial charge in [0, 0.05) is 24.2 Å². The summed E-state index contributed by atoms with van der Waals surface area (Å²) < 4.78 is 27.2. The molecule has 1 unspecified atom stereocenters. The van der Waals surface area contributed by atoms with E-state index in [-0.39, 0.29) is 24.6 Å². The maximum atomic E-state index is 13.4. The third kappa shape index (κ3) is 9.47. The van der Waals surface area contributed by atoms with Gasteiger partial charge in [-0.25, -0.2) is 14.6 Å². The van der Waals surface area contributed by atoms with Crippen LogP contribution in [0.4, 0.5) is 10.5 Å². The summed E-state index contributed by atoms with van der Waals surface area (Å²) in [5.74, 6) is 0.286. The van der Waals surface area contributed by atoms with Crippen molar-refractivity contribution in [3.8, 4) is 23.0 Å². The zero-order chi connectivity index (χ0) is 43.1. The molecule has 0 saturated carbocycles. The van der Waals surface area contributed by atoms with Crippen molar-refractivity contribution in [3.05, 3.63) is 143 Å². The third-order valence-corrected chi connectivity index (χ3v) is 9.97. The number of benzene rings is 6. The Kier molecular flexibility index (Phi) is 12.6. The van der Waals surface area contributed by atoms with Gasteiger partial charge in [0.25, 0.3) is 11.8 Å². The van der Waals surface area contributed by atoms with Crippen molar-refractivity contribution in [1.29, 1.82) is 0 Å². The highest BCUT2D eigenvalue weighted by atomic mass is 16.6. The predicted octanol–water partition coefficient (Wildman–Crippen LogP) is 8.48. The van der Waals surface area contributed by atoms with Gasteiger partial charge in [-0.2, -0.15) is 0 Å². The zero-order valence-electron chi connectivity index (χ0n) is 34.5. The molecular weight excluding hydrogens is 777 g/mol. The summed E-state index contributed by atoms with van der Waals surface area (Å²) in [6, 6.07) is 36.8. The fraction of sp³-hybridized carbons (Fsp3) is 0.229. The number of anilines is 1. The van der Waals surface area contributed by atoms with Gasteiger partial charge in [0.1, 0.15) is 28.0 Å². The van der Waals surface area contributed by atoms with Crippen LogP contribution in [-0.4, -0.2) is 80.0 Å². The fourth-order valence-electron chi connectivity index (χ4n) is 7.12. The van der Waals surface area contributed by atoms with E-state index in [0.29, 0.717) is 52.7 Å². The second-order valence-electron chi connectivity index (χ2n) is 15.2. The summed E-state index contributed by atoms with van der Waals surface area (Å²) in [6.07, 6.45) is -0.458. The Morgan fingerprint density at radius 3 is 2.15 bits per heavy atom. The lowest BCUT2D eigenvalue weighted by Gasteiger charge is -2.36. The molecule has 13 heteroatoms. The first kappa shape index (κ1) is 41.9. The van der Waals surface area contributed by atoms with Crippen LogP contribution in [0.15, 0.2) is 131 Å². The van der Waals surface area contributed by atoms with E-state index in [1.807, 2.05) is 78.9 Å². The smallest absolute Gasteiger partial charge is 0.410 e. The van der Waals surface area contributed by atoms with Crippen LogP contribution in [0, 0.1) is 0 Å². The van der Waals surface area contributed by atoms with Gasteiger partial charge in [-0.3, -0.25) is 14.5 Å². The van der Waals surface area contributed by atoms with Gasteiger partial charge in [0.2, 0.25) is 5.89 Å². The van der Waals surface area contributed by atoms with E-state index in [9.17, 15) is 19.2 Å². The highest BCUT2D eigenvalue weighted by Crippen LogP contribution is 2.30. The van der Waals surface area contributed by atoms with Crippen LogP contribution in [0.2, 0.25) is 0 Å². The van der Waals surface area contributed by atoms with Crippen molar-refractivity contribution in [2.24, 2.45) is 0 Å². The lowest BCUT2D eigenvalue weighted by Crippen LogP contribution is -2.54. The molecule has 8 rings (SSSR count). The fourth-order valence-corrected chi connectivity index (χ4v) is 7.12. The molecule has 61 heavy (non-hydrogen) atoms. The SMILES string of the molecule is COc1cccc(NC(=O)c2cccc3ccccc23)c1C(=O)NCC1COCCN1C(=O)OC(C)(C)C.COc1cccc2nc(-c3cccc4ccccc34)oc(=O)c12. The molecule has 0 spiro atoms. The molecular formula is C48H46N4O9. The lowest BCUT2D eigenvalue weighted by molar-refractivity contribution is -0.0314. The number of carbonyl (C=O) groups is 3. The molecule has 1 saturated heterocycles. The Labute approximate surface area is 352 Å². The Morgan fingerprint density at radius 1 is 0.770 bits per heavy atom. The molecule has 13 nitrogen and oxygen atoms in total. The van der Waals surface area contributed by atoms with Crippen LogP contribution in [0.3, 0.4) is 0 Å². The number of hydrogen-bond acceptors (Lipinski definition) is 10. The Morgan fingerprint density at radius 2 is 1.41 bits per heavy atom. The molecule has 0 radical (unpaired) electrons. The topological polar surface area (TPSA) is 159 Å². The minimum absolute atomic E-state index is 0.132. The van der Waals surface area contributed by atoms with E-state index in [2.05, 4.69) is 15.6 Å². The maximum absolute atomic E-state index is 13.4. The molecule has 2 heterocycles. The molecule has 0 bridgehead atoms. The highest BCUT2D eigenvalue weighted by Gasteiger charge is 2.32. The molecule has 1 aliphatic rings. The van der Waals surface area contributed by atoms with Crippen molar-refractivity contribution < 1.29 is 37.7 Å². The van der Waals surface area contributed by atoms with Crippen LogP contribution in [0.25, 0.3) is 43.9 Å². The summed E-state index contributed by atoms with van der Waals surface area (Å²) >= 11 is 0. The number of rotatable bonds is 8. The van der Waals surface area contributed by atoms with Crippen LogP contribution < -0.4 is 25.7 Å². The monoisotopic (exact) mass is 822 g/mol. The number of carbonyl (C=O) groups excluding carboxylic acids is 3. The van der Waals surface area contributed by atoms with Crippen LogP contribution in [0.1, 0.15) is 41.5 Å². The molecule has 1 aliphatic heterocycles. The number of methoxy groups -OCH3 is 2. The van der Waals surface area contributed by atoms with Crippen molar-refractivity contribution in [2.45, 2.75) is 32.4 Å². The van der Waals surface area contributed by atoms with Gasteiger partial charge in [-0.05, 0) is 78.7 Å². The van der Waals surface area contributed by atoms with Crippen molar-refractivity contribution in [2.75, 3.05) is 45.8 Å². The standard InChI is InChI=1S/C29H33N3O6.C19H13NO3/c1-29(2,3)38-28(35)32-15-16-37-18-20(32)17-30-27(34)25-23(13-8-14-24(25)36-4)31-26(33)22-12-7-10-19-9-5-6-11-21(19)22;1-22-16-11-5-10-15-17(16)19(21)23-18(20-15)14-9-4-7-12-6-2-3-8-13(12)14/h5-14,20H,15-18H2,1-4H3,(H,30,34)(H,31,33);2-11H,1H3. The van der Waals surface area contributed by atoms with E-state index >= 15 is 0 Å². The largest absolute Gasteiger partial charge is 0.496 e. The maximum Gasteiger partial charge on any atom is 0.410 e. The summed E-state index contributed by atoms with van der Waals surface area (Å²) in [7, 11) is 2.98. The van der Waals surface area contributed by atoms with E-state index in [1.54, 1.807) is 68.1 Å². The first-order valence-electron chi connectivity index (χ1n) is 19.7. The van der Waals surface area contributed by atoms with E-state index < -0.39 is 29.3 Å². The number of nitrogens with one attached hydrogen (secondary N) is 2. The van der Waals surface area contributed by atoms with E-state index in [1.165, 1.54) is 14.2 Å². The Bertz CT molecular complexity index is 2790. The van der Waals surface area contributed by atoms with E-state index in [4.69, 9.17) is 23.4 Å². The molecule has 3 amide bonds. The number of amides is 3. The van der Waals surface area contributed by atoms with Crippen molar-refractivity contribution in [3.63, 3.8) is 0 Å². The van der Waals surface area contributed by atoms with Gasteiger partial charge in [-0.1, -0.05) is 84.9 Å². The second kappa shape index (κ2) is 18.3. The van der Waals surface area contributed by atoms with Crippen LogP contribution in [-0.2, 0) is 9.47 Å².